The zero-order chi connectivity index (χ0) is 18.1. The van der Waals surface area contributed by atoms with Crippen LogP contribution in [0.4, 0.5) is 0 Å². The van der Waals surface area contributed by atoms with Crippen LogP contribution in [0.1, 0.15) is 10.5 Å². The lowest BCUT2D eigenvalue weighted by atomic mass is 10.2. The molecule has 0 amide bonds. The number of alkyl halides is 1. The number of tetrazole rings is 1. The molecule has 0 saturated carbocycles. The summed E-state index contributed by atoms with van der Waals surface area (Å²) in [6.45, 7) is 0. The summed E-state index contributed by atoms with van der Waals surface area (Å²) in [5.74, 6) is 0.517. The highest BCUT2D eigenvalue weighted by atomic mass is 127. The molecule has 1 unspecified atom stereocenters. The second-order valence-electron chi connectivity index (χ2n) is 5.42. The van der Waals surface area contributed by atoms with Gasteiger partial charge in [0.05, 0.1) is 17.4 Å². The van der Waals surface area contributed by atoms with Crippen molar-refractivity contribution in [1.29, 1.82) is 0 Å². The Morgan fingerprint density at radius 1 is 1.08 bits per heavy atom. The molecule has 0 bridgehead atoms. The van der Waals surface area contributed by atoms with Crippen molar-refractivity contribution in [2.24, 2.45) is 0 Å². The Balaban J connectivity index is 1.67. The molecule has 26 heavy (non-hydrogen) atoms. The van der Waals surface area contributed by atoms with E-state index in [9.17, 15) is 0 Å². The first-order chi connectivity index (χ1) is 12.6. The molecule has 0 spiro atoms. The lowest BCUT2D eigenvalue weighted by Crippen LogP contribution is -2.07. The Bertz CT molecular complexity index is 1050. The van der Waals surface area contributed by atoms with E-state index in [1.54, 1.807) is 10.9 Å². The molecule has 2 aromatic carbocycles. The molecule has 0 N–H and O–H groups in total. The Morgan fingerprint density at radius 2 is 1.88 bits per heavy atom. The molecule has 1 atom stereocenters. The predicted octanol–water partition coefficient (Wildman–Crippen LogP) is 4.73. The fourth-order valence-corrected chi connectivity index (χ4v) is 3.89. The maximum atomic E-state index is 6.08. The van der Waals surface area contributed by atoms with Crippen molar-refractivity contribution in [3.8, 4) is 17.1 Å². The van der Waals surface area contributed by atoms with Crippen molar-refractivity contribution in [2.45, 2.75) is 4.95 Å². The van der Waals surface area contributed by atoms with Gasteiger partial charge in [0.15, 0.2) is 4.95 Å². The maximum absolute atomic E-state index is 6.08. The Labute approximate surface area is 176 Å². The van der Waals surface area contributed by atoms with Gasteiger partial charge >= 0.3 is 0 Å². The van der Waals surface area contributed by atoms with Crippen molar-refractivity contribution in [3.63, 3.8) is 0 Å². The largest absolute Gasteiger partial charge is 0.227 e. The highest BCUT2D eigenvalue weighted by Gasteiger charge is 2.19. The average molecular weight is 542 g/mol. The van der Waals surface area contributed by atoms with Gasteiger partial charge in [0.2, 0.25) is 5.82 Å². The molecule has 0 radical (unpaired) electrons. The van der Waals surface area contributed by atoms with E-state index in [1.807, 2.05) is 54.6 Å². The van der Waals surface area contributed by atoms with E-state index in [-0.39, 0.29) is 4.95 Å². The van der Waals surface area contributed by atoms with Crippen LogP contribution in [0.2, 0.25) is 5.02 Å². The summed E-state index contributed by atoms with van der Waals surface area (Å²) in [5.41, 5.74) is 2.73. The summed E-state index contributed by atoms with van der Waals surface area (Å²) in [6.07, 6.45) is 1.73. The van der Waals surface area contributed by atoms with E-state index in [0.717, 1.165) is 20.5 Å². The number of rotatable bonds is 4. The number of hydrogen-bond acceptors (Lipinski definition) is 4. The van der Waals surface area contributed by atoms with Gasteiger partial charge in [-0.15, -0.1) is 15.0 Å². The molecule has 0 fully saturated rings. The minimum atomic E-state index is -0.189. The first kappa shape index (κ1) is 17.6. The fraction of sp³-hybridized carbons (Fsp3) is 0.0588. The van der Waals surface area contributed by atoms with Crippen LogP contribution >= 0.6 is 50.1 Å². The first-order valence-corrected chi connectivity index (χ1v) is 9.99. The number of benzene rings is 2. The molecular weight excluding hydrogens is 530 g/mol. The minimum Gasteiger partial charge on any atom is -0.227 e. The van der Waals surface area contributed by atoms with Crippen LogP contribution in [0.25, 0.3) is 17.1 Å². The van der Waals surface area contributed by atoms with Crippen LogP contribution in [0.15, 0.2) is 60.8 Å². The number of hydrogen-bond donors (Lipinski definition) is 0. The Hall–Kier alpha value is -1.78. The van der Waals surface area contributed by atoms with Crippen molar-refractivity contribution in [2.75, 3.05) is 0 Å². The summed E-state index contributed by atoms with van der Waals surface area (Å²) in [6, 6.07) is 17.4. The Kier molecular flexibility index (Phi) is 5.05. The smallest absolute Gasteiger partial charge is 0.209 e. The summed E-state index contributed by atoms with van der Waals surface area (Å²) in [5, 5.41) is 18.0. The van der Waals surface area contributed by atoms with Crippen molar-refractivity contribution < 1.29 is 0 Å². The third-order valence-electron chi connectivity index (χ3n) is 3.71. The van der Waals surface area contributed by atoms with Crippen LogP contribution in [0.3, 0.4) is 0 Å². The van der Waals surface area contributed by atoms with Gasteiger partial charge in [0.1, 0.15) is 3.70 Å². The van der Waals surface area contributed by atoms with E-state index < -0.39 is 0 Å². The monoisotopic (exact) mass is 540 g/mol. The second kappa shape index (κ2) is 7.45. The summed E-state index contributed by atoms with van der Waals surface area (Å²) in [7, 11) is 0. The standard InChI is InChI=1S/C17H11BrClIN6/c18-15(11-5-2-1-3-6-11)26-23-17(22-24-26)14-10-21-25(16(14)20)13-8-4-7-12(19)9-13/h1-10,15H. The van der Waals surface area contributed by atoms with Crippen molar-refractivity contribution in [3.05, 3.63) is 75.1 Å². The van der Waals surface area contributed by atoms with E-state index in [4.69, 9.17) is 11.6 Å². The molecular formula is C17H11BrClIN6. The second-order valence-corrected chi connectivity index (χ2v) is 7.75. The zero-order valence-electron chi connectivity index (χ0n) is 13.2. The Morgan fingerprint density at radius 3 is 2.65 bits per heavy atom. The van der Waals surface area contributed by atoms with Crippen LogP contribution in [-0.2, 0) is 0 Å². The molecule has 2 aromatic heterocycles. The number of nitrogens with zero attached hydrogens (tertiary/aromatic N) is 6. The van der Waals surface area contributed by atoms with Crippen LogP contribution in [0.5, 0.6) is 0 Å². The van der Waals surface area contributed by atoms with Gasteiger partial charge in [0.25, 0.3) is 0 Å². The van der Waals surface area contributed by atoms with Gasteiger partial charge in [-0.1, -0.05) is 63.9 Å². The molecule has 0 saturated heterocycles. The first-order valence-electron chi connectivity index (χ1n) is 7.62. The molecule has 0 aliphatic heterocycles. The highest BCUT2D eigenvalue weighted by Crippen LogP contribution is 2.27. The predicted molar refractivity (Wildman–Crippen MR) is 112 cm³/mol. The quantitative estimate of drug-likeness (QED) is 0.277. The molecule has 130 valence electrons. The lowest BCUT2D eigenvalue weighted by Gasteiger charge is -2.07. The lowest BCUT2D eigenvalue weighted by molar-refractivity contribution is 0.568. The van der Waals surface area contributed by atoms with E-state index in [1.165, 1.54) is 4.80 Å². The summed E-state index contributed by atoms with van der Waals surface area (Å²) in [4.78, 5) is 1.35. The topological polar surface area (TPSA) is 61.4 Å². The third kappa shape index (κ3) is 3.40. The van der Waals surface area contributed by atoms with Gasteiger partial charge < -0.3 is 0 Å². The zero-order valence-corrected chi connectivity index (χ0v) is 17.7. The number of halogens is 3. The average Bonchev–Trinajstić information content (AvgIpc) is 3.28. The van der Waals surface area contributed by atoms with Gasteiger partial charge in [-0.05, 0) is 51.6 Å². The SMILES string of the molecule is Clc1cccc(-n2ncc(-c3nnn(C(Br)c4ccccc4)n3)c2I)c1. The van der Waals surface area contributed by atoms with Crippen molar-refractivity contribution in [1.82, 2.24) is 30.0 Å². The van der Waals surface area contributed by atoms with Crippen LogP contribution in [0, 0.1) is 3.70 Å². The molecule has 4 rings (SSSR count). The fourth-order valence-electron chi connectivity index (χ4n) is 2.45. The van der Waals surface area contributed by atoms with E-state index in [2.05, 4.69) is 59.0 Å². The molecule has 4 aromatic rings. The van der Waals surface area contributed by atoms with Crippen LogP contribution in [-0.4, -0.2) is 30.0 Å². The van der Waals surface area contributed by atoms with Gasteiger partial charge in [-0.25, -0.2) is 4.68 Å². The molecule has 9 heteroatoms. The molecule has 0 aliphatic carbocycles. The normalized spacial score (nSPS) is 12.3. The third-order valence-corrected chi connectivity index (χ3v) is 5.88. The van der Waals surface area contributed by atoms with Gasteiger partial charge in [0, 0.05) is 5.02 Å². The summed E-state index contributed by atoms with van der Waals surface area (Å²) >= 11 is 11.9. The minimum absolute atomic E-state index is 0.189. The van der Waals surface area contributed by atoms with Crippen LogP contribution < -0.4 is 0 Å². The molecule has 6 nitrogen and oxygen atoms in total. The number of aromatic nitrogens is 6. The van der Waals surface area contributed by atoms with Gasteiger partial charge in [-0.2, -0.15) is 5.10 Å². The van der Waals surface area contributed by atoms with E-state index in [0.29, 0.717) is 10.8 Å². The molecule has 0 aliphatic rings. The highest BCUT2D eigenvalue weighted by molar-refractivity contribution is 14.1. The van der Waals surface area contributed by atoms with Gasteiger partial charge in [-0.3, -0.25) is 0 Å². The van der Waals surface area contributed by atoms with Crippen molar-refractivity contribution >= 4 is 50.1 Å². The molecule has 2 heterocycles. The van der Waals surface area contributed by atoms with E-state index >= 15 is 0 Å². The summed E-state index contributed by atoms with van der Waals surface area (Å²) < 4.78 is 2.68. The maximum Gasteiger partial charge on any atom is 0.209 e.